The van der Waals surface area contributed by atoms with Gasteiger partial charge >= 0.3 is 11.9 Å². The van der Waals surface area contributed by atoms with Crippen LogP contribution in [0.3, 0.4) is 0 Å². The highest BCUT2D eigenvalue weighted by atomic mass is 16.5. The molecular formula is C21H24O6. The summed E-state index contributed by atoms with van der Waals surface area (Å²) in [6.45, 7) is 6.33. The van der Waals surface area contributed by atoms with E-state index in [1.54, 1.807) is 12.1 Å². The summed E-state index contributed by atoms with van der Waals surface area (Å²) in [7, 11) is 0. The molecule has 2 rings (SSSR count). The van der Waals surface area contributed by atoms with Crippen LogP contribution in [0.1, 0.15) is 47.2 Å². The van der Waals surface area contributed by atoms with E-state index in [0.717, 1.165) is 11.1 Å². The number of rotatable bonds is 6. The van der Waals surface area contributed by atoms with Crippen molar-refractivity contribution in [3.8, 4) is 11.5 Å². The van der Waals surface area contributed by atoms with Crippen molar-refractivity contribution >= 4 is 11.9 Å². The first-order chi connectivity index (χ1) is 12.7. The molecule has 6 nitrogen and oxygen atoms in total. The molecule has 2 aromatic rings. The zero-order chi connectivity index (χ0) is 20.1. The Morgan fingerprint density at radius 1 is 0.741 bits per heavy atom. The molecular weight excluding hydrogens is 348 g/mol. The summed E-state index contributed by atoms with van der Waals surface area (Å²) in [4.78, 5) is 22.1. The molecule has 6 heteroatoms. The van der Waals surface area contributed by atoms with E-state index in [1.807, 2.05) is 26.0 Å². The highest BCUT2D eigenvalue weighted by molar-refractivity contribution is 5.66. The van der Waals surface area contributed by atoms with Gasteiger partial charge in [-0.05, 0) is 37.1 Å². The number of benzene rings is 2. The summed E-state index contributed by atoms with van der Waals surface area (Å²) < 4.78 is 9.98. The molecule has 0 heterocycles. The lowest BCUT2D eigenvalue weighted by Crippen LogP contribution is -2.03. The fourth-order valence-corrected chi connectivity index (χ4v) is 2.92. The minimum atomic E-state index is -0.427. The number of esters is 2. The van der Waals surface area contributed by atoms with Gasteiger partial charge in [0.05, 0.1) is 0 Å². The van der Waals surface area contributed by atoms with Crippen LogP contribution in [-0.4, -0.2) is 22.2 Å². The van der Waals surface area contributed by atoms with Crippen LogP contribution < -0.4 is 0 Å². The first kappa shape index (κ1) is 20.3. The second-order valence-electron chi connectivity index (χ2n) is 6.60. The number of carbonyl (C=O) groups is 2. The van der Waals surface area contributed by atoms with Gasteiger partial charge < -0.3 is 19.7 Å². The molecule has 0 bridgehead atoms. The number of hydrogen-bond donors (Lipinski definition) is 2. The highest BCUT2D eigenvalue weighted by Crippen LogP contribution is 2.32. The van der Waals surface area contributed by atoms with Crippen LogP contribution in [0.2, 0.25) is 0 Å². The van der Waals surface area contributed by atoms with Gasteiger partial charge in [0, 0.05) is 31.4 Å². The molecule has 0 saturated heterocycles. The second kappa shape index (κ2) is 8.58. The molecule has 0 unspecified atom stereocenters. The fourth-order valence-electron chi connectivity index (χ4n) is 2.92. The summed E-state index contributed by atoms with van der Waals surface area (Å²) in [5.74, 6) is -0.790. The van der Waals surface area contributed by atoms with E-state index in [4.69, 9.17) is 9.47 Å². The van der Waals surface area contributed by atoms with Crippen LogP contribution in [0.5, 0.6) is 11.5 Å². The number of hydrogen-bond acceptors (Lipinski definition) is 6. The van der Waals surface area contributed by atoms with Gasteiger partial charge in [0.2, 0.25) is 0 Å². The van der Waals surface area contributed by atoms with Crippen molar-refractivity contribution in [2.24, 2.45) is 0 Å². The second-order valence-corrected chi connectivity index (χ2v) is 6.60. The molecule has 0 amide bonds. The van der Waals surface area contributed by atoms with Crippen molar-refractivity contribution < 1.29 is 29.3 Å². The lowest BCUT2D eigenvalue weighted by molar-refractivity contribution is -0.143. The predicted molar refractivity (Wildman–Crippen MR) is 99.4 cm³/mol. The molecule has 0 saturated carbocycles. The Morgan fingerprint density at radius 3 is 1.41 bits per heavy atom. The van der Waals surface area contributed by atoms with Gasteiger partial charge in [-0.2, -0.15) is 0 Å². The normalized spacial score (nSPS) is 10.5. The third-order valence-corrected chi connectivity index (χ3v) is 4.07. The number of ether oxygens (including phenoxy) is 2. The summed E-state index contributed by atoms with van der Waals surface area (Å²) in [6, 6.07) is 7.15. The first-order valence-electron chi connectivity index (χ1n) is 8.56. The Bertz CT molecular complexity index is 798. The summed E-state index contributed by atoms with van der Waals surface area (Å²) in [5.41, 5.74) is 4.03. The maximum absolute atomic E-state index is 11.0. The number of phenolic OH excluding ortho intramolecular Hbond substituents is 2. The highest BCUT2D eigenvalue weighted by Gasteiger charge is 2.15. The van der Waals surface area contributed by atoms with Crippen molar-refractivity contribution in [1.82, 2.24) is 0 Å². The van der Waals surface area contributed by atoms with Gasteiger partial charge in [0.25, 0.3) is 0 Å². The number of carbonyl (C=O) groups excluding carboxylic acids is 2. The quantitative estimate of drug-likeness (QED) is 0.755. The maximum Gasteiger partial charge on any atom is 0.302 e. The maximum atomic E-state index is 11.0. The van der Waals surface area contributed by atoms with Gasteiger partial charge in [0.15, 0.2) is 0 Å². The van der Waals surface area contributed by atoms with Crippen molar-refractivity contribution in [3.63, 3.8) is 0 Å². The standard InChI is InChI=1S/C21H24O6/c1-12-5-16(20(24)18(7-12)10-26-14(3)22)9-17-6-13(2)8-19(21(17)25)11-27-15(4)23/h5-8,24-25H,9-11H2,1-4H3. The molecule has 0 aromatic heterocycles. The lowest BCUT2D eigenvalue weighted by Gasteiger charge is -2.15. The zero-order valence-electron chi connectivity index (χ0n) is 16.0. The van der Waals surface area contributed by atoms with E-state index in [1.165, 1.54) is 13.8 Å². The predicted octanol–water partition coefficient (Wildman–Crippen LogP) is 3.43. The van der Waals surface area contributed by atoms with E-state index in [9.17, 15) is 19.8 Å². The molecule has 0 radical (unpaired) electrons. The monoisotopic (exact) mass is 372 g/mol. The average Bonchev–Trinajstić information content (AvgIpc) is 2.57. The topological polar surface area (TPSA) is 93.1 Å². The van der Waals surface area contributed by atoms with Crippen LogP contribution in [0.15, 0.2) is 24.3 Å². The summed E-state index contributed by atoms with van der Waals surface area (Å²) >= 11 is 0. The minimum Gasteiger partial charge on any atom is -0.507 e. The molecule has 0 fully saturated rings. The van der Waals surface area contributed by atoms with Gasteiger partial charge in [0.1, 0.15) is 24.7 Å². The molecule has 0 aliphatic rings. The van der Waals surface area contributed by atoms with Crippen LogP contribution in [0, 0.1) is 13.8 Å². The average molecular weight is 372 g/mol. The van der Waals surface area contributed by atoms with Crippen molar-refractivity contribution in [2.45, 2.75) is 47.3 Å². The molecule has 2 N–H and O–H groups in total. The van der Waals surface area contributed by atoms with E-state index in [0.29, 0.717) is 22.3 Å². The minimum absolute atomic E-state index is 0.0205. The molecule has 0 aliphatic carbocycles. The van der Waals surface area contributed by atoms with Gasteiger partial charge in [-0.25, -0.2) is 0 Å². The Kier molecular flexibility index (Phi) is 6.45. The Morgan fingerprint density at radius 2 is 1.07 bits per heavy atom. The Labute approximate surface area is 158 Å². The lowest BCUT2D eigenvalue weighted by atomic mass is 9.95. The number of phenols is 2. The molecule has 0 aliphatic heterocycles. The van der Waals surface area contributed by atoms with Gasteiger partial charge in [-0.3, -0.25) is 9.59 Å². The van der Waals surface area contributed by atoms with Crippen molar-refractivity contribution in [1.29, 1.82) is 0 Å². The molecule has 2 aromatic carbocycles. The Balaban J connectivity index is 2.36. The van der Waals surface area contributed by atoms with Gasteiger partial charge in [-0.1, -0.05) is 23.3 Å². The molecule has 0 atom stereocenters. The summed E-state index contributed by atoms with van der Waals surface area (Å²) in [5, 5.41) is 21.1. The van der Waals surface area contributed by atoms with E-state index in [-0.39, 0.29) is 31.1 Å². The van der Waals surface area contributed by atoms with Crippen molar-refractivity contribution in [2.75, 3.05) is 0 Å². The molecule has 0 spiro atoms. The number of aryl methyl sites for hydroxylation is 2. The Hall–Kier alpha value is -3.02. The van der Waals surface area contributed by atoms with E-state index >= 15 is 0 Å². The third kappa shape index (κ3) is 5.48. The first-order valence-corrected chi connectivity index (χ1v) is 8.56. The van der Waals surface area contributed by atoms with Crippen LogP contribution >= 0.6 is 0 Å². The van der Waals surface area contributed by atoms with Crippen LogP contribution in [0.4, 0.5) is 0 Å². The van der Waals surface area contributed by atoms with E-state index < -0.39 is 11.9 Å². The molecule has 144 valence electrons. The summed E-state index contributed by atoms with van der Waals surface area (Å²) in [6.07, 6.45) is 0.279. The van der Waals surface area contributed by atoms with Crippen molar-refractivity contribution in [3.05, 3.63) is 57.6 Å². The third-order valence-electron chi connectivity index (χ3n) is 4.07. The van der Waals surface area contributed by atoms with Crippen LogP contribution in [-0.2, 0) is 38.7 Å². The fraction of sp³-hybridized carbons (Fsp3) is 0.333. The van der Waals surface area contributed by atoms with Gasteiger partial charge in [-0.15, -0.1) is 0 Å². The van der Waals surface area contributed by atoms with E-state index in [2.05, 4.69) is 0 Å². The number of aromatic hydroxyl groups is 2. The zero-order valence-corrected chi connectivity index (χ0v) is 16.0. The SMILES string of the molecule is CC(=O)OCc1cc(C)cc(Cc2cc(C)cc(COC(C)=O)c2O)c1O. The van der Waals surface area contributed by atoms with Crippen LogP contribution in [0.25, 0.3) is 0 Å². The molecule has 27 heavy (non-hydrogen) atoms. The smallest absolute Gasteiger partial charge is 0.302 e. The largest absolute Gasteiger partial charge is 0.507 e.